The number of benzene rings is 1. The van der Waals surface area contributed by atoms with E-state index in [-0.39, 0.29) is 18.3 Å². The van der Waals surface area contributed by atoms with Gasteiger partial charge >= 0.3 is 5.97 Å². The fraction of sp³-hybridized carbons (Fsp3) is 0.333. The van der Waals surface area contributed by atoms with Gasteiger partial charge < -0.3 is 9.84 Å². The van der Waals surface area contributed by atoms with E-state index < -0.39 is 5.97 Å². The maximum atomic E-state index is 11.1. The highest BCUT2D eigenvalue weighted by Gasteiger charge is 2.16. The van der Waals surface area contributed by atoms with Crippen LogP contribution in [-0.2, 0) is 6.61 Å². The number of aromatic nitrogens is 2. The molecule has 0 aliphatic heterocycles. The molecule has 1 aromatic heterocycles. The zero-order valence-electron chi connectivity index (χ0n) is 11.8. The van der Waals surface area contributed by atoms with E-state index in [4.69, 9.17) is 9.84 Å². The molecule has 0 saturated heterocycles. The van der Waals surface area contributed by atoms with Gasteiger partial charge in [0.1, 0.15) is 23.7 Å². The number of hydrogen-bond donors (Lipinski definition) is 1. The largest absolute Gasteiger partial charge is 0.487 e. The molecule has 5 nitrogen and oxygen atoms in total. The molecule has 0 aliphatic rings. The summed E-state index contributed by atoms with van der Waals surface area (Å²) in [7, 11) is 0. The first-order chi connectivity index (χ1) is 9.47. The van der Waals surface area contributed by atoms with E-state index in [1.165, 1.54) is 4.68 Å². The average molecular weight is 274 g/mol. The smallest absolute Gasteiger partial charge is 0.354 e. The summed E-state index contributed by atoms with van der Waals surface area (Å²) in [6, 6.07) is 9.24. The first kappa shape index (κ1) is 14.1. The SMILES string of the molecule is Cc1ccc(OCc2cc(C(=O)O)n(C(C)C)n2)cc1. The van der Waals surface area contributed by atoms with Crippen LogP contribution >= 0.6 is 0 Å². The lowest BCUT2D eigenvalue weighted by Crippen LogP contribution is -2.12. The van der Waals surface area contributed by atoms with Gasteiger partial charge in [-0.05, 0) is 39.0 Å². The van der Waals surface area contributed by atoms with Crippen LogP contribution in [0, 0.1) is 6.92 Å². The van der Waals surface area contributed by atoms with E-state index >= 15 is 0 Å². The summed E-state index contributed by atoms with van der Waals surface area (Å²) in [6.07, 6.45) is 0. The highest BCUT2D eigenvalue weighted by Crippen LogP contribution is 2.16. The monoisotopic (exact) mass is 274 g/mol. The molecule has 0 spiro atoms. The molecule has 1 aromatic carbocycles. The van der Waals surface area contributed by atoms with Crippen LogP contribution in [0.25, 0.3) is 0 Å². The number of ether oxygens (including phenoxy) is 1. The Morgan fingerprint density at radius 1 is 1.35 bits per heavy atom. The van der Waals surface area contributed by atoms with Gasteiger partial charge in [-0.2, -0.15) is 5.10 Å². The minimum atomic E-state index is -0.979. The Balaban J connectivity index is 2.12. The molecule has 0 unspecified atom stereocenters. The molecule has 106 valence electrons. The van der Waals surface area contributed by atoms with Crippen LogP contribution in [0.3, 0.4) is 0 Å². The van der Waals surface area contributed by atoms with E-state index in [0.29, 0.717) is 5.69 Å². The first-order valence-corrected chi connectivity index (χ1v) is 6.48. The molecule has 0 saturated carbocycles. The molecule has 0 amide bonds. The molecule has 0 atom stereocenters. The van der Waals surface area contributed by atoms with Crippen molar-refractivity contribution in [1.82, 2.24) is 9.78 Å². The topological polar surface area (TPSA) is 64.3 Å². The number of aromatic carboxylic acids is 1. The van der Waals surface area contributed by atoms with Gasteiger partial charge in [-0.3, -0.25) is 4.68 Å². The Bertz CT molecular complexity index is 600. The van der Waals surface area contributed by atoms with Gasteiger partial charge in [0, 0.05) is 6.04 Å². The summed E-state index contributed by atoms with van der Waals surface area (Å²) in [5.41, 5.74) is 1.95. The van der Waals surface area contributed by atoms with Crippen molar-refractivity contribution in [3.8, 4) is 5.75 Å². The quantitative estimate of drug-likeness (QED) is 0.910. The number of rotatable bonds is 5. The van der Waals surface area contributed by atoms with Crippen LogP contribution in [0.5, 0.6) is 5.75 Å². The highest BCUT2D eigenvalue weighted by atomic mass is 16.5. The van der Waals surface area contributed by atoms with E-state index in [1.807, 2.05) is 45.0 Å². The second-order valence-corrected chi connectivity index (χ2v) is 4.97. The van der Waals surface area contributed by atoms with Gasteiger partial charge in [0.15, 0.2) is 0 Å². The van der Waals surface area contributed by atoms with Crippen molar-refractivity contribution in [1.29, 1.82) is 0 Å². The lowest BCUT2D eigenvalue weighted by molar-refractivity contribution is 0.0681. The van der Waals surface area contributed by atoms with Crippen LogP contribution in [0.15, 0.2) is 30.3 Å². The molecule has 0 aliphatic carbocycles. The molecule has 2 aromatic rings. The van der Waals surface area contributed by atoms with Gasteiger partial charge in [0.2, 0.25) is 0 Å². The normalized spacial score (nSPS) is 10.8. The Morgan fingerprint density at radius 3 is 2.50 bits per heavy atom. The van der Waals surface area contributed by atoms with Crippen molar-refractivity contribution in [3.63, 3.8) is 0 Å². The lowest BCUT2D eigenvalue weighted by Gasteiger charge is -2.07. The van der Waals surface area contributed by atoms with Gasteiger partial charge in [0.25, 0.3) is 0 Å². The maximum Gasteiger partial charge on any atom is 0.354 e. The first-order valence-electron chi connectivity index (χ1n) is 6.48. The number of hydrogen-bond acceptors (Lipinski definition) is 3. The Kier molecular flexibility index (Phi) is 4.08. The standard InChI is InChI=1S/C15H18N2O3/c1-10(2)17-14(15(18)19)8-12(16-17)9-20-13-6-4-11(3)5-7-13/h4-8,10H,9H2,1-3H3,(H,18,19). The van der Waals surface area contributed by atoms with Crippen molar-refractivity contribution in [2.24, 2.45) is 0 Å². The number of carbonyl (C=O) groups is 1. The van der Waals surface area contributed by atoms with Gasteiger partial charge in [-0.1, -0.05) is 17.7 Å². The number of aryl methyl sites for hydroxylation is 1. The summed E-state index contributed by atoms with van der Waals surface area (Å²) in [6.45, 7) is 6.05. The maximum absolute atomic E-state index is 11.1. The summed E-state index contributed by atoms with van der Waals surface area (Å²) in [5, 5.41) is 13.4. The third-order valence-electron chi connectivity index (χ3n) is 2.90. The molecule has 1 heterocycles. The van der Waals surface area contributed by atoms with Crippen molar-refractivity contribution in [3.05, 3.63) is 47.3 Å². The van der Waals surface area contributed by atoms with Gasteiger partial charge in [0.05, 0.1) is 0 Å². The summed E-state index contributed by atoms with van der Waals surface area (Å²) >= 11 is 0. The van der Waals surface area contributed by atoms with Crippen molar-refractivity contribution in [2.45, 2.75) is 33.4 Å². The summed E-state index contributed by atoms with van der Waals surface area (Å²) < 4.78 is 7.10. The minimum absolute atomic E-state index is 0.00535. The second kappa shape index (κ2) is 5.77. The Morgan fingerprint density at radius 2 is 2.00 bits per heavy atom. The summed E-state index contributed by atoms with van der Waals surface area (Å²) in [5.74, 6) is -0.237. The van der Waals surface area contributed by atoms with Crippen molar-refractivity contribution >= 4 is 5.97 Å². The van der Waals surface area contributed by atoms with Crippen LogP contribution in [0.2, 0.25) is 0 Å². The Labute approximate surface area is 117 Å². The number of carboxylic acids is 1. The molecular weight excluding hydrogens is 256 g/mol. The molecule has 0 bridgehead atoms. The zero-order valence-corrected chi connectivity index (χ0v) is 11.8. The predicted molar refractivity (Wildman–Crippen MR) is 75.1 cm³/mol. The zero-order chi connectivity index (χ0) is 14.7. The van der Waals surface area contributed by atoms with Crippen LogP contribution in [0.4, 0.5) is 0 Å². The predicted octanol–water partition coefficient (Wildman–Crippen LogP) is 3.05. The molecule has 0 radical (unpaired) electrons. The Hall–Kier alpha value is -2.30. The van der Waals surface area contributed by atoms with E-state index in [1.54, 1.807) is 6.07 Å². The van der Waals surface area contributed by atoms with Crippen LogP contribution in [0.1, 0.15) is 41.6 Å². The highest BCUT2D eigenvalue weighted by molar-refractivity contribution is 5.85. The fourth-order valence-corrected chi connectivity index (χ4v) is 1.86. The molecule has 2 rings (SSSR count). The summed E-state index contributed by atoms with van der Waals surface area (Å²) in [4.78, 5) is 11.1. The number of carboxylic acid groups (broad SMARTS) is 1. The third-order valence-corrected chi connectivity index (χ3v) is 2.90. The molecule has 5 heteroatoms. The second-order valence-electron chi connectivity index (χ2n) is 4.97. The molecule has 20 heavy (non-hydrogen) atoms. The molecular formula is C15H18N2O3. The van der Waals surface area contributed by atoms with Crippen molar-refractivity contribution < 1.29 is 14.6 Å². The van der Waals surface area contributed by atoms with Crippen LogP contribution < -0.4 is 4.74 Å². The van der Waals surface area contributed by atoms with E-state index in [2.05, 4.69) is 5.10 Å². The lowest BCUT2D eigenvalue weighted by atomic mass is 10.2. The van der Waals surface area contributed by atoms with Crippen LogP contribution in [-0.4, -0.2) is 20.9 Å². The third kappa shape index (κ3) is 3.17. The fourth-order valence-electron chi connectivity index (χ4n) is 1.86. The average Bonchev–Trinajstić information content (AvgIpc) is 2.83. The minimum Gasteiger partial charge on any atom is -0.487 e. The van der Waals surface area contributed by atoms with Crippen molar-refractivity contribution in [2.75, 3.05) is 0 Å². The molecule has 0 fully saturated rings. The number of nitrogens with zero attached hydrogens (tertiary/aromatic N) is 2. The van der Waals surface area contributed by atoms with E-state index in [9.17, 15) is 4.79 Å². The van der Waals surface area contributed by atoms with Gasteiger partial charge in [-0.15, -0.1) is 0 Å². The van der Waals surface area contributed by atoms with E-state index in [0.717, 1.165) is 11.3 Å². The molecule has 1 N–H and O–H groups in total. The van der Waals surface area contributed by atoms with Gasteiger partial charge in [-0.25, -0.2) is 4.79 Å².